The molecule has 0 unspecified atom stereocenters. The molecule has 4 rings (SSSR count). The fourth-order valence-electron chi connectivity index (χ4n) is 3.43. The van der Waals surface area contributed by atoms with E-state index in [0.29, 0.717) is 36.7 Å². The second-order valence-electron chi connectivity index (χ2n) is 7.22. The van der Waals surface area contributed by atoms with Gasteiger partial charge in [-0.2, -0.15) is 4.31 Å². The quantitative estimate of drug-likeness (QED) is 0.657. The third-order valence-corrected chi connectivity index (χ3v) is 7.96. The van der Waals surface area contributed by atoms with Crippen LogP contribution in [0.3, 0.4) is 0 Å². The van der Waals surface area contributed by atoms with E-state index in [1.54, 1.807) is 18.2 Å². The van der Waals surface area contributed by atoms with E-state index in [9.17, 15) is 13.2 Å². The monoisotopic (exact) mass is 441 g/mol. The highest BCUT2D eigenvalue weighted by Crippen LogP contribution is 2.29. The van der Waals surface area contributed by atoms with Crippen molar-refractivity contribution in [2.45, 2.75) is 4.90 Å². The third kappa shape index (κ3) is 4.32. The predicted molar refractivity (Wildman–Crippen MR) is 120 cm³/mol. The normalized spacial score (nSPS) is 15.8. The molecule has 1 amide bonds. The van der Waals surface area contributed by atoms with Gasteiger partial charge in [-0.05, 0) is 42.3 Å². The number of carbonyl (C=O) groups excluding carboxylic acids is 1. The van der Waals surface area contributed by atoms with E-state index >= 15 is 0 Å². The Hall–Kier alpha value is -2.52. The summed E-state index contributed by atoms with van der Waals surface area (Å²) in [5.41, 5.74) is 2.29. The van der Waals surface area contributed by atoms with Crippen LogP contribution in [-0.4, -0.2) is 56.8 Å². The molecular formula is C22H23N3O3S2. The summed E-state index contributed by atoms with van der Waals surface area (Å²) in [6, 6.07) is 18.1. The first kappa shape index (κ1) is 20.7. The van der Waals surface area contributed by atoms with E-state index in [0.717, 1.165) is 11.1 Å². The molecule has 8 heteroatoms. The van der Waals surface area contributed by atoms with Gasteiger partial charge in [0.1, 0.15) is 0 Å². The molecule has 0 saturated carbocycles. The van der Waals surface area contributed by atoms with Gasteiger partial charge in [-0.25, -0.2) is 8.42 Å². The zero-order chi connectivity index (χ0) is 21.1. The maximum Gasteiger partial charge on any atom is 0.266 e. The smallest absolute Gasteiger partial charge is 0.266 e. The zero-order valence-corrected chi connectivity index (χ0v) is 18.2. The van der Waals surface area contributed by atoms with Crippen molar-refractivity contribution >= 4 is 33.0 Å². The lowest BCUT2D eigenvalue weighted by Crippen LogP contribution is -2.47. The molecule has 2 heterocycles. The molecule has 1 aliphatic heterocycles. The Balaban J connectivity index is 1.54. The summed E-state index contributed by atoms with van der Waals surface area (Å²) in [6.45, 7) is 2.34. The topological polar surface area (TPSA) is 69.7 Å². The summed E-state index contributed by atoms with van der Waals surface area (Å²) >= 11 is 1.36. The highest BCUT2D eigenvalue weighted by atomic mass is 32.2. The van der Waals surface area contributed by atoms with Crippen LogP contribution in [0.4, 0.5) is 5.69 Å². The van der Waals surface area contributed by atoms with Crippen molar-refractivity contribution in [3.63, 3.8) is 0 Å². The first-order valence-corrected chi connectivity index (χ1v) is 12.0. The number of nitrogens with zero attached hydrogens (tertiary/aromatic N) is 2. The van der Waals surface area contributed by atoms with Gasteiger partial charge in [0, 0.05) is 37.4 Å². The van der Waals surface area contributed by atoms with Gasteiger partial charge in [0.15, 0.2) is 0 Å². The number of benzene rings is 2. The van der Waals surface area contributed by atoms with E-state index < -0.39 is 10.0 Å². The second-order valence-corrected chi connectivity index (χ2v) is 10.1. The Morgan fingerprint density at radius 1 is 0.967 bits per heavy atom. The van der Waals surface area contributed by atoms with E-state index in [1.807, 2.05) is 48.8 Å². The van der Waals surface area contributed by atoms with Crippen LogP contribution in [0.25, 0.3) is 11.1 Å². The summed E-state index contributed by atoms with van der Waals surface area (Å²) in [6.07, 6.45) is 0. The van der Waals surface area contributed by atoms with Crippen LogP contribution >= 0.6 is 11.3 Å². The fourth-order valence-corrected chi connectivity index (χ4v) is 5.71. The van der Waals surface area contributed by atoms with E-state index in [1.165, 1.54) is 21.7 Å². The van der Waals surface area contributed by atoms with Crippen LogP contribution in [0.15, 0.2) is 70.9 Å². The molecule has 1 saturated heterocycles. The molecule has 1 aliphatic rings. The molecule has 6 nitrogen and oxygen atoms in total. The van der Waals surface area contributed by atoms with Crippen molar-refractivity contribution < 1.29 is 13.2 Å². The zero-order valence-electron chi connectivity index (χ0n) is 16.6. The minimum Gasteiger partial charge on any atom is -0.321 e. The molecule has 3 aromatic rings. The number of hydrogen-bond acceptors (Lipinski definition) is 5. The molecule has 0 spiro atoms. The molecule has 0 radical (unpaired) electrons. The number of hydrogen-bond donors (Lipinski definition) is 1. The van der Waals surface area contributed by atoms with Crippen LogP contribution in [-0.2, 0) is 10.0 Å². The Kier molecular flexibility index (Phi) is 6.01. The molecule has 1 N–H and O–H groups in total. The van der Waals surface area contributed by atoms with Gasteiger partial charge in [-0.1, -0.05) is 36.4 Å². The highest BCUT2D eigenvalue weighted by molar-refractivity contribution is 7.89. The number of rotatable bonds is 5. The van der Waals surface area contributed by atoms with Gasteiger partial charge in [0.2, 0.25) is 10.0 Å². The standard InChI is InChI=1S/C22H23N3O3S2/c1-24-11-13-25(14-12-24)30(27,28)19-9-5-8-18(16-19)23-22(26)21-20(10-15-29-21)17-6-3-2-4-7-17/h2-10,15-16H,11-14H2,1H3,(H,23,26). The Labute approximate surface area is 180 Å². The largest absolute Gasteiger partial charge is 0.321 e. The first-order valence-electron chi connectivity index (χ1n) is 9.68. The molecule has 0 atom stereocenters. The highest BCUT2D eigenvalue weighted by Gasteiger charge is 2.27. The van der Waals surface area contributed by atoms with E-state index in [2.05, 4.69) is 10.2 Å². The van der Waals surface area contributed by atoms with Gasteiger partial charge in [0.05, 0.1) is 9.77 Å². The molecule has 0 bridgehead atoms. The number of anilines is 1. The SMILES string of the molecule is CN1CCN(S(=O)(=O)c2cccc(NC(=O)c3sccc3-c3ccccc3)c2)CC1. The number of carbonyl (C=O) groups is 1. The predicted octanol–water partition coefficient (Wildman–Crippen LogP) is 3.60. The van der Waals surface area contributed by atoms with Crippen LogP contribution in [0.5, 0.6) is 0 Å². The number of nitrogens with one attached hydrogen (secondary N) is 1. The molecule has 1 aromatic heterocycles. The summed E-state index contributed by atoms with van der Waals surface area (Å²) in [4.78, 5) is 15.8. The lowest BCUT2D eigenvalue weighted by Gasteiger charge is -2.31. The first-order chi connectivity index (χ1) is 14.4. The molecular weight excluding hydrogens is 418 g/mol. The van der Waals surface area contributed by atoms with Gasteiger partial charge in [-0.15, -0.1) is 11.3 Å². The maximum absolute atomic E-state index is 13.0. The van der Waals surface area contributed by atoms with E-state index in [-0.39, 0.29) is 10.8 Å². The Bertz CT molecular complexity index is 1140. The molecule has 30 heavy (non-hydrogen) atoms. The van der Waals surface area contributed by atoms with Crippen molar-refractivity contribution in [1.82, 2.24) is 9.21 Å². The molecule has 0 aliphatic carbocycles. The average Bonchev–Trinajstić information content (AvgIpc) is 3.25. The van der Waals surface area contributed by atoms with Crippen LogP contribution in [0.2, 0.25) is 0 Å². The van der Waals surface area contributed by atoms with Crippen molar-refractivity contribution in [3.05, 3.63) is 70.9 Å². The number of likely N-dealkylation sites (N-methyl/N-ethyl adjacent to an activating group) is 1. The van der Waals surface area contributed by atoms with Gasteiger partial charge in [0.25, 0.3) is 5.91 Å². The van der Waals surface area contributed by atoms with Gasteiger partial charge in [-0.3, -0.25) is 4.79 Å². The van der Waals surface area contributed by atoms with E-state index in [4.69, 9.17) is 0 Å². The molecule has 156 valence electrons. The second kappa shape index (κ2) is 8.69. The molecule has 2 aromatic carbocycles. The number of piperazine rings is 1. The summed E-state index contributed by atoms with van der Waals surface area (Å²) < 4.78 is 27.5. The maximum atomic E-state index is 13.0. The minimum atomic E-state index is -3.59. The third-order valence-electron chi connectivity index (χ3n) is 5.15. The molecule has 1 fully saturated rings. The average molecular weight is 442 g/mol. The summed E-state index contributed by atoms with van der Waals surface area (Å²) in [5.74, 6) is -0.252. The lowest BCUT2D eigenvalue weighted by molar-refractivity contribution is 0.103. The van der Waals surface area contributed by atoms with Crippen molar-refractivity contribution in [2.24, 2.45) is 0 Å². The number of thiophene rings is 1. The summed E-state index contributed by atoms with van der Waals surface area (Å²) in [5, 5.41) is 4.74. The Morgan fingerprint density at radius 3 is 2.43 bits per heavy atom. The van der Waals surface area contributed by atoms with Crippen molar-refractivity contribution in [3.8, 4) is 11.1 Å². The van der Waals surface area contributed by atoms with Gasteiger partial charge < -0.3 is 10.2 Å². The Morgan fingerprint density at radius 2 is 1.70 bits per heavy atom. The number of sulfonamides is 1. The van der Waals surface area contributed by atoms with Crippen molar-refractivity contribution in [2.75, 3.05) is 38.5 Å². The van der Waals surface area contributed by atoms with Gasteiger partial charge >= 0.3 is 0 Å². The van der Waals surface area contributed by atoms with Crippen LogP contribution in [0, 0.1) is 0 Å². The minimum absolute atomic E-state index is 0.194. The lowest BCUT2D eigenvalue weighted by atomic mass is 10.1. The summed E-state index contributed by atoms with van der Waals surface area (Å²) in [7, 11) is -1.61. The fraction of sp³-hybridized carbons (Fsp3) is 0.227. The van der Waals surface area contributed by atoms with Crippen molar-refractivity contribution in [1.29, 1.82) is 0 Å². The van der Waals surface area contributed by atoms with Crippen LogP contribution in [0.1, 0.15) is 9.67 Å². The van der Waals surface area contributed by atoms with Crippen LogP contribution < -0.4 is 5.32 Å². The number of amides is 1.